The molecule has 0 radical (unpaired) electrons. The van der Waals surface area contributed by atoms with Gasteiger partial charge in [-0.15, -0.1) is 0 Å². The third-order valence-electron chi connectivity index (χ3n) is 4.86. The van der Waals surface area contributed by atoms with Crippen molar-refractivity contribution in [1.29, 1.82) is 0 Å². The van der Waals surface area contributed by atoms with Crippen molar-refractivity contribution in [2.45, 2.75) is 19.4 Å². The lowest BCUT2D eigenvalue weighted by molar-refractivity contribution is 0.0735. The van der Waals surface area contributed by atoms with Crippen LogP contribution in [-0.4, -0.2) is 15.5 Å². The first kappa shape index (κ1) is 16.4. The van der Waals surface area contributed by atoms with Crippen molar-refractivity contribution in [2.75, 3.05) is 0 Å². The first-order chi connectivity index (χ1) is 13.6. The van der Waals surface area contributed by atoms with Crippen LogP contribution < -0.4 is 15.9 Å². The second-order valence-electron chi connectivity index (χ2n) is 6.66. The predicted octanol–water partition coefficient (Wildman–Crippen LogP) is 2.67. The van der Waals surface area contributed by atoms with Crippen LogP contribution >= 0.6 is 0 Å². The van der Waals surface area contributed by atoms with E-state index in [0.29, 0.717) is 23.0 Å². The SMILES string of the molecule is O=C(Oc1ccc2ccc(=O)oc2c1)c1ccc2c(=O)n3c(nc2c1)CCC3. The molecule has 0 N–H and O–H groups in total. The second-order valence-corrected chi connectivity index (χ2v) is 6.66. The second kappa shape index (κ2) is 6.16. The highest BCUT2D eigenvalue weighted by atomic mass is 16.5. The highest BCUT2D eigenvalue weighted by molar-refractivity contribution is 5.95. The fraction of sp³-hybridized carbons (Fsp3) is 0.143. The highest BCUT2D eigenvalue weighted by Gasteiger charge is 2.18. The molecular weight excluding hydrogens is 360 g/mol. The molecule has 0 aliphatic carbocycles. The van der Waals surface area contributed by atoms with Gasteiger partial charge in [-0.2, -0.15) is 0 Å². The Morgan fingerprint density at radius 1 is 1.07 bits per heavy atom. The summed E-state index contributed by atoms with van der Waals surface area (Å²) in [5.74, 6) is 0.420. The molecule has 0 atom stereocenters. The number of aryl methyl sites for hydroxylation is 1. The molecule has 138 valence electrons. The molecule has 2 aromatic heterocycles. The van der Waals surface area contributed by atoms with Gasteiger partial charge in [-0.25, -0.2) is 14.6 Å². The standard InChI is InChI=1S/C21H14N2O5/c24-19-8-5-12-3-6-14(11-17(12)28-19)27-21(26)13-4-7-15-16(10-13)22-18-2-1-9-23(18)20(15)25/h3-8,10-11H,1-2,9H2. The molecule has 0 amide bonds. The summed E-state index contributed by atoms with van der Waals surface area (Å²) in [5, 5.41) is 1.21. The Morgan fingerprint density at radius 3 is 2.82 bits per heavy atom. The molecule has 0 spiro atoms. The van der Waals surface area contributed by atoms with Crippen LogP contribution in [0.15, 0.2) is 62.5 Å². The Kier molecular flexibility index (Phi) is 3.61. The van der Waals surface area contributed by atoms with E-state index in [0.717, 1.165) is 24.1 Å². The lowest BCUT2D eigenvalue weighted by Gasteiger charge is -2.08. The zero-order valence-corrected chi connectivity index (χ0v) is 14.7. The molecule has 7 heteroatoms. The molecule has 4 aromatic rings. The van der Waals surface area contributed by atoms with Gasteiger partial charge < -0.3 is 9.15 Å². The molecule has 0 fully saturated rings. The summed E-state index contributed by atoms with van der Waals surface area (Å²) in [4.78, 5) is 41.0. The molecule has 3 heterocycles. The number of esters is 1. The predicted molar refractivity (Wildman–Crippen MR) is 102 cm³/mol. The monoisotopic (exact) mass is 374 g/mol. The van der Waals surface area contributed by atoms with E-state index in [1.54, 1.807) is 41.0 Å². The zero-order valence-electron chi connectivity index (χ0n) is 14.7. The largest absolute Gasteiger partial charge is 0.423 e. The molecule has 0 saturated carbocycles. The Hall–Kier alpha value is -3.74. The first-order valence-corrected chi connectivity index (χ1v) is 8.88. The number of nitrogens with zero attached hydrogens (tertiary/aromatic N) is 2. The summed E-state index contributed by atoms with van der Waals surface area (Å²) in [6.45, 7) is 0.680. The van der Waals surface area contributed by atoms with Gasteiger partial charge in [-0.3, -0.25) is 9.36 Å². The number of fused-ring (bicyclic) bond motifs is 3. The van der Waals surface area contributed by atoms with Crippen LogP contribution in [0.5, 0.6) is 5.75 Å². The Morgan fingerprint density at radius 2 is 1.93 bits per heavy atom. The van der Waals surface area contributed by atoms with Crippen LogP contribution in [0.25, 0.3) is 21.9 Å². The van der Waals surface area contributed by atoms with Crippen molar-refractivity contribution >= 4 is 27.8 Å². The summed E-state index contributed by atoms with van der Waals surface area (Å²) in [6, 6.07) is 12.5. The van der Waals surface area contributed by atoms with Crippen LogP contribution in [0.2, 0.25) is 0 Å². The molecule has 2 aromatic carbocycles. The average Bonchev–Trinajstić information content (AvgIpc) is 3.16. The summed E-state index contributed by atoms with van der Waals surface area (Å²) >= 11 is 0. The molecule has 0 unspecified atom stereocenters. The number of hydrogen-bond acceptors (Lipinski definition) is 6. The lowest BCUT2D eigenvalue weighted by atomic mass is 10.1. The summed E-state index contributed by atoms with van der Waals surface area (Å²) in [6.07, 6.45) is 1.65. The van der Waals surface area contributed by atoms with E-state index in [4.69, 9.17) is 9.15 Å². The number of carbonyl (C=O) groups excluding carboxylic acids is 1. The molecule has 0 bridgehead atoms. The van der Waals surface area contributed by atoms with Crippen molar-refractivity contribution in [3.05, 3.63) is 80.7 Å². The maximum atomic E-state index is 12.6. The molecule has 0 saturated heterocycles. The van der Waals surface area contributed by atoms with E-state index in [2.05, 4.69) is 4.98 Å². The Labute approximate surface area is 157 Å². The Balaban J connectivity index is 1.50. The molecule has 1 aliphatic heterocycles. The quantitative estimate of drug-likeness (QED) is 0.304. The summed E-state index contributed by atoms with van der Waals surface area (Å²) in [5.41, 5.74) is 0.549. The fourth-order valence-corrected chi connectivity index (χ4v) is 3.48. The number of carbonyl (C=O) groups is 1. The van der Waals surface area contributed by atoms with Gasteiger partial charge in [-0.1, -0.05) is 0 Å². The van der Waals surface area contributed by atoms with Crippen LogP contribution in [0.3, 0.4) is 0 Å². The number of rotatable bonds is 2. The minimum atomic E-state index is -0.582. The average molecular weight is 374 g/mol. The minimum Gasteiger partial charge on any atom is -0.423 e. The normalized spacial score (nSPS) is 13.0. The smallest absolute Gasteiger partial charge is 0.343 e. The van der Waals surface area contributed by atoms with Crippen molar-refractivity contribution in [3.63, 3.8) is 0 Å². The van der Waals surface area contributed by atoms with Gasteiger partial charge in [0.2, 0.25) is 0 Å². The molecular formula is C21H14N2O5. The van der Waals surface area contributed by atoms with Gasteiger partial charge in [0, 0.05) is 30.5 Å². The van der Waals surface area contributed by atoms with E-state index < -0.39 is 11.6 Å². The van der Waals surface area contributed by atoms with E-state index in [9.17, 15) is 14.4 Å². The number of benzene rings is 2. The van der Waals surface area contributed by atoms with E-state index >= 15 is 0 Å². The number of hydrogen-bond donors (Lipinski definition) is 0. The molecule has 28 heavy (non-hydrogen) atoms. The van der Waals surface area contributed by atoms with Crippen LogP contribution in [0.4, 0.5) is 0 Å². The van der Waals surface area contributed by atoms with E-state index in [1.165, 1.54) is 12.1 Å². The van der Waals surface area contributed by atoms with Crippen LogP contribution in [0, 0.1) is 0 Å². The topological polar surface area (TPSA) is 91.4 Å². The third-order valence-corrected chi connectivity index (χ3v) is 4.86. The van der Waals surface area contributed by atoms with E-state index in [1.807, 2.05) is 0 Å². The van der Waals surface area contributed by atoms with Crippen LogP contribution in [0.1, 0.15) is 22.6 Å². The maximum absolute atomic E-state index is 12.6. The molecule has 7 nitrogen and oxygen atoms in total. The number of ether oxygens (including phenoxy) is 1. The summed E-state index contributed by atoms with van der Waals surface area (Å²) in [7, 11) is 0. The third kappa shape index (κ3) is 2.68. The van der Waals surface area contributed by atoms with Crippen molar-refractivity contribution in [3.8, 4) is 5.75 Å². The van der Waals surface area contributed by atoms with E-state index in [-0.39, 0.29) is 16.9 Å². The van der Waals surface area contributed by atoms with Gasteiger partial charge >= 0.3 is 11.6 Å². The van der Waals surface area contributed by atoms with Crippen molar-refractivity contribution in [2.24, 2.45) is 0 Å². The molecule has 5 rings (SSSR count). The van der Waals surface area contributed by atoms with Gasteiger partial charge in [0.15, 0.2) is 0 Å². The van der Waals surface area contributed by atoms with Crippen LogP contribution in [-0.2, 0) is 13.0 Å². The minimum absolute atomic E-state index is 0.0815. The highest BCUT2D eigenvalue weighted by Crippen LogP contribution is 2.21. The maximum Gasteiger partial charge on any atom is 0.343 e. The first-order valence-electron chi connectivity index (χ1n) is 8.88. The Bertz CT molecular complexity index is 1380. The molecule has 1 aliphatic rings. The lowest BCUT2D eigenvalue weighted by Crippen LogP contribution is -2.21. The van der Waals surface area contributed by atoms with Gasteiger partial charge in [0.05, 0.1) is 16.5 Å². The van der Waals surface area contributed by atoms with Crippen molar-refractivity contribution < 1.29 is 13.9 Å². The zero-order chi connectivity index (χ0) is 19.3. The van der Waals surface area contributed by atoms with Crippen molar-refractivity contribution in [1.82, 2.24) is 9.55 Å². The summed E-state index contributed by atoms with van der Waals surface area (Å²) < 4.78 is 12.2. The van der Waals surface area contributed by atoms with Gasteiger partial charge in [0.25, 0.3) is 5.56 Å². The number of aromatic nitrogens is 2. The van der Waals surface area contributed by atoms with Gasteiger partial charge in [0.1, 0.15) is 17.2 Å². The van der Waals surface area contributed by atoms with Gasteiger partial charge in [-0.05, 0) is 42.8 Å². The fourth-order valence-electron chi connectivity index (χ4n) is 3.48.